The third kappa shape index (κ3) is 3.29. The normalized spacial score (nSPS) is 16.4. The van der Waals surface area contributed by atoms with Crippen molar-refractivity contribution in [1.29, 1.82) is 0 Å². The molecule has 1 saturated heterocycles. The van der Waals surface area contributed by atoms with Crippen molar-refractivity contribution >= 4 is 17.4 Å². The number of likely N-dealkylation sites (tertiary alicyclic amines) is 1. The Labute approximate surface area is 131 Å². The van der Waals surface area contributed by atoms with Crippen molar-refractivity contribution in [3.63, 3.8) is 0 Å². The number of carbonyl (C=O) groups is 1. The van der Waals surface area contributed by atoms with Gasteiger partial charge < -0.3 is 0 Å². The summed E-state index contributed by atoms with van der Waals surface area (Å²) >= 11 is 5.70. The second-order valence-corrected chi connectivity index (χ2v) is 6.19. The summed E-state index contributed by atoms with van der Waals surface area (Å²) in [6.07, 6.45) is 4.19. The number of hydrogen-bond donors (Lipinski definition) is 0. The van der Waals surface area contributed by atoms with Crippen LogP contribution in [0.5, 0.6) is 0 Å². The molecule has 2 nitrogen and oxygen atoms in total. The molecule has 1 aromatic carbocycles. The average Bonchev–Trinajstić information content (AvgIpc) is 3.00. The number of Topliss-reactive ketones (excluding diaryl/α,β-unsaturated/α-hetero) is 1. The Bertz CT molecular complexity index is 508. The second kappa shape index (κ2) is 6.89. The van der Waals surface area contributed by atoms with Gasteiger partial charge in [-0.2, -0.15) is 0 Å². The van der Waals surface area contributed by atoms with Gasteiger partial charge in [-0.15, -0.1) is 0 Å². The minimum Gasteiger partial charge on any atom is -0.297 e. The lowest BCUT2D eigenvalue weighted by molar-refractivity contribution is -0.130. The fourth-order valence-corrected chi connectivity index (χ4v) is 3.53. The molecule has 0 aromatic heterocycles. The highest BCUT2D eigenvalue weighted by Gasteiger charge is 2.41. The molecule has 0 radical (unpaired) electrons. The smallest absolute Gasteiger partial charge is 0.157 e. The summed E-state index contributed by atoms with van der Waals surface area (Å²) in [5.41, 5.74) is 0.305. The van der Waals surface area contributed by atoms with E-state index in [1.807, 2.05) is 0 Å². The van der Waals surface area contributed by atoms with Crippen LogP contribution in [0.2, 0.25) is 5.02 Å². The van der Waals surface area contributed by atoms with Crippen molar-refractivity contribution in [3.8, 4) is 0 Å². The monoisotopic (exact) mass is 311 g/mol. The minimum atomic E-state index is -0.457. The van der Waals surface area contributed by atoms with Gasteiger partial charge in [0.2, 0.25) is 0 Å². The molecule has 0 atom stereocenters. The van der Waals surface area contributed by atoms with Crippen molar-refractivity contribution in [2.24, 2.45) is 0 Å². The molecule has 2 rings (SSSR count). The number of hydrogen-bond acceptors (Lipinski definition) is 2. The predicted octanol–water partition coefficient (Wildman–Crippen LogP) is 4.25. The number of ketones is 1. The summed E-state index contributed by atoms with van der Waals surface area (Å²) in [5, 5.41) is 0.1000. The molecule has 0 amide bonds. The first-order valence-corrected chi connectivity index (χ1v) is 8.13. The molecule has 116 valence electrons. The number of carbonyl (C=O) groups excluding carboxylic acids is 1. The molecular formula is C17H23ClFNO. The van der Waals surface area contributed by atoms with Gasteiger partial charge in [0.15, 0.2) is 5.78 Å². The van der Waals surface area contributed by atoms with Crippen LogP contribution >= 0.6 is 11.6 Å². The number of nitrogens with zero attached hydrogens (tertiary/aromatic N) is 1. The van der Waals surface area contributed by atoms with Gasteiger partial charge in [-0.05, 0) is 56.5 Å². The van der Waals surface area contributed by atoms with E-state index in [0.717, 1.165) is 38.8 Å². The summed E-state index contributed by atoms with van der Waals surface area (Å²) in [6, 6.07) is 4.64. The van der Waals surface area contributed by atoms with Crippen LogP contribution in [0.25, 0.3) is 0 Å². The number of benzene rings is 1. The van der Waals surface area contributed by atoms with E-state index in [-0.39, 0.29) is 17.2 Å². The summed E-state index contributed by atoms with van der Waals surface area (Å²) in [6.45, 7) is 6.12. The quantitative estimate of drug-likeness (QED) is 0.783. The van der Waals surface area contributed by atoms with Gasteiger partial charge in [-0.25, -0.2) is 4.39 Å². The Balaban J connectivity index is 2.20. The Hall–Kier alpha value is -0.930. The average molecular weight is 312 g/mol. The van der Waals surface area contributed by atoms with Crippen molar-refractivity contribution in [2.45, 2.75) is 51.5 Å². The summed E-state index contributed by atoms with van der Waals surface area (Å²) in [4.78, 5) is 15.2. The van der Waals surface area contributed by atoms with E-state index in [4.69, 9.17) is 11.6 Å². The highest BCUT2D eigenvalue weighted by Crippen LogP contribution is 2.30. The molecule has 1 fully saturated rings. The maximum absolute atomic E-state index is 13.5. The fraction of sp³-hybridized carbons (Fsp3) is 0.588. The molecule has 0 bridgehead atoms. The van der Waals surface area contributed by atoms with E-state index in [0.29, 0.717) is 5.56 Å². The molecule has 0 spiro atoms. The maximum Gasteiger partial charge on any atom is 0.157 e. The molecule has 1 aliphatic rings. The molecule has 0 N–H and O–H groups in total. The highest BCUT2D eigenvalue weighted by molar-refractivity contribution is 6.30. The van der Waals surface area contributed by atoms with Gasteiger partial charge in [-0.3, -0.25) is 9.69 Å². The minimum absolute atomic E-state index is 0.1000. The zero-order valence-corrected chi connectivity index (χ0v) is 13.5. The molecule has 21 heavy (non-hydrogen) atoms. The molecular weight excluding hydrogens is 289 g/mol. The Morgan fingerprint density at radius 1 is 1.29 bits per heavy atom. The van der Waals surface area contributed by atoms with Crippen molar-refractivity contribution in [3.05, 3.63) is 34.6 Å². The van der Waals surface area contributed by atoms with E-state index >= 15 is 0 Å². The molecule has 1 aliphatic heterocycles. The fourth-order valence-electron chi connectivity index (χ4n) is 3.41. The van der Waals surface area contributed by atoms with E-state index < -0.39 is 11.4 Å². The standard InChI is InChI=1S/C17H23ClFNO/c1-3-17(4-2,20-9-5-6-10-20)16(21)12-13-7-8-14(18)15(19)11-13/h7-8,11H,3-6,9-10,12H2,1-2H3. The molecule has 0 unspecified atom stereocenters. The van der Waals surface area contributed by atoms with E-state index in [1.165, 1.54) is 12.1 Å². The molecule has 1 heterocycles. The third-order valence-corrected chi connectivity index (χ3v) is 5.06. The van der Waals surface area contributed by atoms with Gasteiger partial charge in [0, 0.05) is 6.42 Å². The zero-order chi connectivity index (χ0) is 15.5. The van der Waals surface area contributed by atoms with Gasteiger partial charge in [0.25, 0.3) is 0 Å². The Morgan fingerprint density at radius 3 is 2.43 bits per heavy atom. The van der Waals surface area contributed by atoms with Crippen LogP contribution in [0.1, 0.15) is 45.1 Å². The van der Waals surface area contributed by atoms with E-state index in [2.05, 4.69) is 18.7 Å². The van der Waals surface area contributed by atoms with Crippen LogP contribution in [0.4, 0.5) is 4.39 Å². The SMILES string of the molecule is CCC(CC)(C(=O)Cc1ccc(Cl)c(F)c1)N1CCCC1. The second-order valence-electron chi connectivity index (χ2n) is 5.78. The lowest BCUT2D eigenvalue weighted by Gasteiger charge is -2.39. The maximum atomic E-state index is 13.5. The summed E-state index contributed by atoms with van der Waals surface area (Å²) < 4.78 is 13.5. The van der Waals surface area contributed by atoms with Gasteiger partial charge in [-0.1, -0.05) is 31.5 Å². The zero-order valence-electron chi connectivity index (χ0n) is 12.8. The van der Waals surface area contributed by atoms with E-state index in [9.17, 15) is 9.18 Å². The Morgan fingerprint density at radius 2 is 1.90 bits per heavy atom. The lowest BCUT2D eigenvalue weighted by atomic mass is 9.83. The third-order valence-electron chi connectivity index (χ3n) is 4.75. The van der Waals surface area contributed by atoms with Gasteiger partial charge in [0.05, 0.1) is 10.6 Å². The van der Waals surface area contributed by atoms with Crippen LogP contribution in [-0.4, -0.2) is 29.3 Å². The first kappa shape index (κ1) is 16.4. The predicted molar refractivity (Wildman–Crippen MR) is 84.2 cm³/mol. The summed E-state index contributed by atoms with van der Waals surface area (Å²) in [7, 11) is 0. The van der Waals surface area contributed by atoms with Crippen LogP contribution in [0.15, 0.2) is 18.2 Å². The first-order chi connectivity index (χ1) is 10.0. The Kier molecular flexibility index (Phi) is 5.39. The van der Waals surface area contributed by atoms with Crippen molar-refractivity contribution in [1.82, 2.24) is 4.90 Å². The van der Waals surface area contributed by atoms with Crippen LogP contribution in [0, 0.1) is 5.82 Å². The molecule has 0 saturated carbocycles. The van der Waals surface area contributed by atoms with Crippen LogP contribution < -0.4 is 0 Å². The highest BCUT2D eigenvalue weighted by atomic mass is 35.5. The van der Waals surface area contributed by atoms with Gasteiger partial charge in [0.1, 0.15) is 5.82 Å². The largest absolute Gasteiger partial charge is 0.297 e. The first-order valence-electron chi connectivity index (χ1n) is 7.75. The van der Waals surface area contributed by atoms with Gasteiger partial charge >= 0.3 is 0 Å². The van der Waals surface area contributed by atoms with Crippen LogP contribution in [0.3, 0.4) is 0 Å². The van der Waals surface area contributed by atoms with Crippen molar-refractivity contribution < 1.29 is 9.18 Å². The number of rotatable bonds is 6. The lowest BCUT2D eigenvalue weighted by Crippen LogP contribution is -2.53. The summed E-state index contributed by atoms with van der Waals surface area (Å²) in [5.74, 6) is -0.266. The van der Waals surface area contributed by atoms with E-state index in [1.54, 1.807) is 6.07 Å². The molecule has 0 aliphatic carbocycles. The van der Waals surface area contributed by atoms with Crippen LogP contribution in [-0.2, 0) is 11.2 Å². The molecule has 4 heteroatoms. The van der Waals surface area contributed by atoms with Crippen molar-refractivity contribution in [2.75, 3.05) is 13.1 Å². The topological polar surface area (TPSA) is 20.3 Å². The molecule has 1 aromatic rings. The number of halogens is 2.